The molecule has 0 spiro atoms. The van der Waals surface area contributed by atoms with E-state index in [9.17, 15) is 0 Å². The van der Waals surface area contributed by atoms with Gasteiger partial charge in [0.15, 0.2) is 5.69 Å². The van der Waals surface area contributed by atoms with E-state index >= 15 is 0 Å². The third-order valence-electron chi connectivity index (χ3n) is 4.09. The first-order chi connectivity index (χ1) is 13.2. The summed E-state index contributed by atoms with van der Waals surface area (Å²) in [5, 5.41) is 12.3. The maximum atomic E-state index is 5.39. The molecule has 2 aromatic heterocycles. The third-order valence-corrected chi connectivity index (χ3v) is 4.09. The summed E-state index contributed by atoms with van der Waals surface area (Å²) in [5.74, 6) is 1.93. The van der Waals surface area contributed by atoms with Crippen LogP contribution in [0.2, 0.25) is 0 Å². The van der Waals surface area contributed by atoms with Gasteiger partial charge in [-0.1, -0.05) is 28.1 Å². The first-order valence-electron chi connectivity index (χ1n) is 8.24. The van der Waals surface area contributed by atoms with Gasteiger partial charge in [-0.25, -0.2) is 4.68 Å². The Morgan fingerprint density at radius 2 is 1.81 bits per heavy atom. The topological polar surface area (TPSA) is 88.1 Å². The molecule has 0 aliphatic heterocycles. The van der Waals surface area contributed by atoms with Gasteiger partial charge < -0.3 is 14.0 Å². The van der Waals surface area contributed by atoms with Crippen LogP contribution < -0.4 is 9.47 Å². The van der Waals surface area contributed by atoms with Crippen molar-refractivity contribution in [1.82, 2.24) is 25.1 Å². The summed E-state index contributed by atoms with van der Waals surface area (Å²) in [6.07, 6.45) is 1.75. The number of aromatic nitrogens is 5. The fraction of sp³-hybridized carbons (Fsp3) is 0.158. The Hall–Kier alpha value is -3.68. The maximum Gasteiger partial charge on any atom is 0.262 e. The van der Waals surface area contributed by atoms with Gasteiger partial charge in [0.25, 0.3) is 5.89 Å². The summed E-state index contributed by atoms with van der Waals surface area (Å²) in [4.78, 5) is 4.42. The van der Waals surface area contributed by atoms with Crippen LogP contribution in [0, 0.1) is 6.92 Å². The maximum absolute atomic E-state index is 5.39. The highest BCUT2D eigenvalue weighted by molar-refractivity contribution is 5.66. The first-order valence-corrected chi connectivity index (χ1v) is 8.24. The summed E-state index contributed by atoms with van der Waals surface area (Å²) in [6, 6.07) is 13.3. The molecular weight excluding hydrogens is 346 g/mol. The Kier molecular flexibility index (Phi) is 4.29. The van der Waals surface area contributed by atoms with Gasteiger partial charge in [0.1, 0.15) is 11.5 Å². The molecule has 0 amide bonds. The Morgan fingerprint density at radius 3 is 2.56 bits per heavy atom. The highest BCUT2D eigenvalue weighted by atomic mass is 16.5. The SMILES string of the molecule is COc1ccc(-c2nc(-c3cn(-c4ccc(C)cc4)nn3)no2)c(OC)c1. The van der Waals surface area contributed by atoms with E-state index in [-0.39, 0.29) is 0 Å². The molecule has 0 unspecified atom stereocenters. The standard InChI is InChI=1S/C19H17N5O3/c1-12-4-6-13(7-5-12)24-11-16(21-23-24)18-20-19(27-22-18)15-9-8-14(25-2)10-17(15)26-3/h4-11H,1-3H3. The zero-order chi connectivity index (χ0) is 18.8. The lowest BCUT2D eigenvalue weighted by Crippen LogP contribution is -1.94. The van der Waals surface area contributed by atoms with E-state index in [4.69, 9.17) is 14.0 Å². The van der Waals surface area contributed by atoms with Gasteiger partial charge in [-0.05, 0) is 31.2 Å². The Balaban J connectivity index is 1.65. The van der Waals surface area contributed by atoms with Crippen molar-refractivity contribution >= 4 is 0 Å². The number of hydrogen-bond donors (Lipinski definition) is 0. The molecule has 2 heterocycles. The predicted octanol–water partition coefficient (Wildman–Crippen LogP) is 3.31. The van der Waals surface area contributed by atoms with Crippen LogP contribution >= 0.6 is 0 Å². The van der Waals surface area contributed by atoms with Gasteiger partial charge in [0.2, 0.25) is 5.82 Å². The average Bonchev–Trinajstić information content (AvgIpc) is 3.37. The van der Waals surface area contributed by atoms with Gasteiger partial charge >= 0.3 is 0 Å². The monoisotopic (exact) mass is 363 g/mol. The summed E-state index contributed by atoms with van der Waals surface area (Å²) < 4.78 is 17.7. The van der Waals surface area contributed by atoms with Gasteiger partial charge in [0, 0.05) is 6.07 Å². The zero-order valence-electron chi connectivity index (χ0n) is 15.1. The minimum atomic E-state index is 0.328. The Morgan fingerprint density at radius 1 is 1.00 bits per heavy atom. The lowest BCUT2D eigenvalue weighted by atomic mass is 10.2. The molecule has 2 aromatic carbocycles. The van der Waals surface area contributed by atoms with E-state index in [1.165, 1.54) is 5.56 Å². The molecule has 0 aliphatic carbocycles. The van der Waals surface area contributed by atoms with Crippen molar-refractivity contribution < 1.29 is 14.0 Å². The molecule has 0 aliphatic rings. The minimum absolute atomic E-state index is 0.328. The van der Waals surface area contributed by atoms with Crippen molar-refractivity contribution in [1.29, 1.82) is 0 Å². The number of aryl methyl sites for hydroxylation is 1. The van der Waals surface area contributed by atoms with Crippen LogP contribution in [-0.4, -0.2) is 39.4 Å². The predicted molar refractivity (Wildman–Crippen MR) is 97.9 cm³/mol. The Labute approximate surface area is 155 Å². The van der Waals surface area contributed by atoms with Crippen LogP contribution in [0.15, 0.2) is 53.2 Å². The average molecular weight is 363 g/mol. The number of nitrogens with zero attached hydrogens (tertiary/aromatic N) is 5. The van der Waals surface area contributed by atoms with E-state index in [1.54, 1.807) is 43.3 Å². The molecule has 27 heavy (non-hydrogen) atoms. The molecule has 8 heteroatoms. The van der Waals surface area contributed by atoms with Gasteiger partial charge in [-0.2, -0.15) is 4.98 Å². The first kappa shape index (κ1) is 16.8. The van der Waals surface area contributed by atoms with E-state index < -0.39 is 0 Å². The molecule has 0 bridgehead atoms. The lowest BCUT2D eigenvalue weighted by molar-refractivity contribution is 0.391. The summed E-state index contributed by atoms with van der Waals surface area (Å²) in [5.41, 5.74) is 3.26. The van der Waals surface area contributed by atoms with Crippen LogP contribution in [0.1, 0.15) is 5.56 Å². The van der Waals surface area contributed by atoms with Crippen LogP contribution in [-0.2, 0) is 0 Å². The Bertz CT molecular complexity index is 1070. The summed E-state index contributed by atoms with van der Waals surface area (Å²) >= 11 is 0. The third kappa shape index (κ3) is 3.24. The number of benzene rings is 2. The molecule has 0 radical (unpaired) electrons. The van der Waals surface area contributed by atoms with Crippen molar-refractivity contribution in [2.24, 2.45) is 0 Å². The summed E-state index contributed by atoms with van der Waals surface area (Å²) in [7, 11) is 3.17. The second-order valence-corrected chi connectivity index (χ2v) is 5.87. The van der Waals surface area contributed by atoms with E-state index in [2.05, 4.69) is 20.5 Å². The highest BCUT2D eigenvalue weighted by Crippen LogP contribution is 2.33. The second kappa shape index (κ2) is 6.91. The number of hydrogen-bond acceptors (Lipinski definition) is 7. The fourth-order valence-electron chi connectivity index (χ4n) is 2.60. The molecule has 4 aromatic rings. The molecule has 0 saturated heterocycles. The van der Waals surface area contributed by atoms with Gasteiger partial charge in [-0.15, -0.1) is 5.10 Å². The van der Waals surface area contributed by atoms with E-state index in [0.717, 1.165) is 5.69 Å². The molecule has 0 atom stereocenters. The number of rotatable bonds is 5. The van der Waals surface area contributed by atoms with E-state index in [0.29, 0.717) is 34.5 Å². The molecule has 0 saturated carbocycles. The molecule has 4 rings (SSSR count). The largest absolute Gasteiger partial charge is 0.497 e. The van der Waals surface area contributed by atoms with Crippen LogP contribution in [0.25, 0.3) is 28.7 Å². The van der Waals surface area contributed by atoms with Crippen molar-refractivity contribution in [2.75, 3.05) is 14.2 Å². The van der Waals surface area contributed by atoms with Crippen molar-refractivity contribution in [3.63, 3.8) is 0 Å². The zero-order valence-corrected chi connectivity index (χ0v) is 15.1. The minimum Gasteiger partial charge on any atom is -0.497 e. The van der Waals surface area contributed by atoms with Gasteiger partial charge in [-0.3, -0.25) is 0 Å². The molecule has 0 fully saturated rings. The van der Waals surface area contributed by atoms with Crippen LogP contribution in [0.5, 0.6) is 11.5 Å². The quantitative estimate of drug-likeness (QED) is 0.537. The van der Waals surface area contributed by atoms with Gasteiger partial charge in [0.05, 0.1) is 31.7 Å². The van der Waals surface area contributed by atoms with Crippen molar-refractivity contribution in [3.05, 3.63) is 54.2 Å². The smallest absolute Gasteiger partial charge is 0.262 e. The highest BCUT2D eigenvalue weighted by Gasteiger charge is 2.17. The van der Waals surface area contributed by atoms with Crippen LogP contribution in [0.4, 0.5) is 0 Å². The molecule has 8 nitrogen and oxygen atoms in total. The number of methoxy groups -OCH3 is 2. The van der Waals surface area contributed by atoms with Crippen molar-refractivity contribution in [2.45, 2.75) is 6.92 Å². The molecular formula is C19H17N5O3. The lowest BCUT2D eigenvalue weighted by Gasteiger charge is -2.06. The normalized spacial score (nSPS) is 10.8. The molecule has 136 valence electrons. The second-order valence-electron chi connectivity index (χ2n) is 5.87. The fourth-order valence-corrected chi connectivity index (χ4v) is 2.60. The van der Waals surface area contributed by atoms with Crippen molar-refractivity contribution in [3.8, 4) is 40.2 Å². The summed E-state index contributed by atoms with van der Waals surface area (Å²) in [6.45, 7) is 2.03. The van der Waals surface area contributed by atoms with Crippen LogP contribution in [0.3, 0.4) is 0 Å². The molecule has 0 N–H and O–H groups in total. The number of ether oxygens (including phenoxy) is 2. The van der Waals surface area contributed by atoms with E-state index in [1.807, 2.05) is 31.2 Å².